The molecule has 0 saturated carbocycles. The van der Waals surface area contributed by atoms with Crippen molar-refractivity contribution in [3.63, 3.8) is 0 Å². The second-order valence-electron chi connectivity index (χ2n) is 4.23. The summed E-state index contributed by atoms with van der Waals surface area (Å²) in [5, 5.41) is 9.62. The molecule has 0 aromatic rings. The fourth-order valence-electron chi connectivity index (χ4n) is 1.86. The van der Waals surface area contributed by atoms with Gasteiger partial charge >= 0.3 is 0 Å². The average Bonchev–Trinajstić information content (AvgIpc) is 2.75. The first-order chi connectivity index (χ1) is 5.62. The number of aliphatic hydroxyl groups is 1. The van der Waals surface area contributed by atoms with Gasteiger partial charge in [-0.05, 0) is 38.2 Å². The smallest absolute Gasteiger partial charge is 0.0920 e. The van der Waals surface area contributed by atoms with Crippen molar-refractivity contribution in [1.82, 2.24) is 0 Å². The van der Waals surface area contributed by atoms with Crippen LogP contribution in [-0.2, 0) is 4.74 Å². The first-order valence-corrected chi connectivity index (χ1v) is 4.60. The highest BCUT2D eigenvalue weighted by atomic mass is 16.6. The molecule has 0 amide bonds. The largest absolute Gasteiger partial charge is 0.389 e. The summed E-state index contributed by atoms with van der Waals surface area (Å²) in [5.41, 5.74) is 1.20. The lowest BCUT2D eigenvalue weighted by Crippen LogP contribution is -2.28. The number of hydrogen-bond acceptors (Lipinski definition) is 2. The highest BCUT2D eigenvalue weighted by molar-refractivity contribution is 5.13. The Labute approximate surface area is 73.2 Å². The van der Waals surface area contributed by atoms with E-state index in [0.29, 0.717) is 5.92 Å². The van der Waals surface area contributed by atoms with E-state index in [4.69, 9.17) is 4.74 Å². The average molecular weight is 168 g/mol. The van der Waals surface area contributed by atoms with Crippen LogP contribution in [0.3, 0.4) is 0 Å². The van der Waals surface area contributed by atoms with E-state index in [-0.39, 0.29) is 11.7 Å². The highest BCUT2D eigenvalue weighted by Gasteiger charge is 2.47. The van der Waals surface area contributed by atoms with Gasteiger partial charge in [-0.2, -0.15) is 0 Å². The number of epoxide rings is 1. The van der Waals surface area contributed by atoms with Crippen LogP contribution in [0.25, 0.3) is 0 Å². The Bertz CT molecular complexity index is 216. The lowest BCUT2D eigenvalue weighted by atomic mass is 9.80. The predicted molar refractivity (Wildman–Crippen MR) is 46.8 cm³/mol. The molecule has 1 heterocycles. The summed E-state index contributed by atoms with van der Waals surface area (Å²) in [5.74, 6) is 0.524. The predicted octanol–water partition coefficient (Wildman–Crippen LogP) is 1.49. The van der Waals surface area contributed by atoms with Crippen LogP contribution in [0.1, 0.15) is 26.7 Å². The Morgan fingerprint density at radius 2 is 2.33 bits per heavy atom. The molecule has 3 atom stereocenters. The van der Waals surface area contributed by atoms with Crippen LogP contribution in [0.4, 0.5) is 0 Å². The van der Waals surface area contributed by atoms with Crippen LogP contribution >= 0.6 is 0 Å². The number of ether oxygens (including phenoxy) is 1. The SMILES string of the molecule is CC1=CC[C@@H](C2(C)CO2)C[C@H]1O. The minimum atomic E-state index is -0.232. The van der Waals surface area contributed by atoms with Crippen molar-refractivity contribution in [3.8, 4) is 0 Å². The maximum absolute atomic E-state index is 9.62. The number of aliphatic hydroxyl groups excluding tert-OH is 1. The maximum Gasteiger partial charge on any atom is 0.0920 e. The number of allylic oxidation sites excluding steroid dienone is 1. The first kappa shape index (κ1) is 8.27. The second-order valence-corrected chi connectivity index (χ2v) is 4.23. The molecule has 68 valence electrons. The molecular weight excluding hydrogens is 152 g/mol. The van der Waals surface area contributed by atoms with E-state index >= 15 is 0 Å². The summed E-state index contributed by atoms with van der Waals surface area (Å²) in [6.45, 7) is 5.01. The van der Waals surface area contributed by atoms with Gasteiger partial charge in [-0.1, -0.05) is 6.08 Å². The molecule has 0 bridgehead atoms. The molecule has 1 fully saturated rings. The third-order valence-electron chi connectivity index (χ3n) is 3.22. The molecule has 2 rings (SSSR count). The topological polar surface area (TPSA) is 32.8 Å². The molecule has 0 radical (unpaired) electrons. The molecule has 1 saturated heterocycles. The van der Waals surface area contributed by atoms with Crippen LogP contribution in [0, 0.1) is 5.92 Å². The zero-order valence-electron chi connectivity index (χ0n) is 7.71. The normalized spacial score (nSPS) is 47.1. The van der Waals surface area contributed by atoms with Crippen molar-refractivity contribution in [3.05, 3.63) is 11.6 Å². The lowest BCUT2D eigenvalue weighted by molar-refractivity contribution is 0.126. The Kier molecular flexibility index (Phi) is 1.77. The Morgan fingerprint density at radius 1 is 1.67 bits per heavy atom. The van der Waals surface area contributed by atoms with Crippen molar-refractivity contribution >= 4 is 0 Å². The summed E-state index contributed by atoms with van der Waals surface area (Å²) >= 11 is 0. The molecule has 1 aliphatic carbocycles. The van der Waals surface area contributed by atoms with Crippen molar-refractivity contribution in [2.75, 3.05) is 6.61 Å². The van der Waals surface area contributed by atoms with Crippen LogP contribution in [0.5, 0.6) is 0 Å². The summed E-state index contributed by atoms with van der Waals surface area (Å²) in [6, 6.07) is 0. The molecular formula is C10H16O2. The first-order valence-electron chi connectivity index (χ1n) is 4.60. The Morgan fingerprint density at radius 3 is 2.83 bits per heavy atom. The van der Waals surface area contributed by atoms with Crippen molar-refractivity contribution in [2.45, 2.75) is 38.4 Å². The summed E-state index contributed by atoms with van der Waals surface area (Å²) in [4.78, 5) is 0. The minimum Gasteiger partial charge on any atom is -0.389 e. The zero-order chi connectivity index (χ0) is 8.77. The van der Waals surface area contributed by atoms with Gasteiger partial charge in [0.1, 0.15) is 0 Å². The van der Waals surface area contributed by atoms with Crippen LogP contribution < -0.4 is 0 Å². The van der Waals surface area contributed by atoms with Gasteiger partial charge in [0.25, 0.3) is 0 Å². The molecule has 12 heavy (non-hydrogen) atoms. The van der Waals surface area contributed by atoms with E-state index in [1.54, 1.807) is 0 Å². The maximum atomic E-state index is 9.62. The van der Waals surface area contributed by atoms with Gasteiger partial charge in [0.15, 0.2) is 0 Å². The number of hydrogen-bond donors (Lipinski definition) is 1. The monoisotopic (exact) mass is 168 g/mol. The summed E-state index contributed by atoms with van der Waals surface area (Å²) in [7, 11) is 0. The van der Waals surface area contributed by atoms with Gasteiger partial charge in [-0.25, -0.2) is 0 Å². The fourth-order valence-corrected chi connectivity index (χ4v) is 1.86. The van der Waals surface area contributed by atoms with Gasteiger partial charge in [0.05, 0.1) is 18.3 Å². The third kappa shape index (κ3) is 1.29. The van der Waals surface area contributed by atoms with Gasteiger partial charge in [-0.15, -0.1) is 0 Å². The molecule has 0 aromatic heterocycles. The molecule has 0 aromatic carbocycles. The Hall–Kier alpha value is -0.340. The van der Waals surface area contributed by atoms with Gasteiger partial charge < -0.3 is 9.84 Å². The summed E-state index contributed by atoms with van der Waals surface area (Å²) < 4.78 is 5.38. The van der Waals surface area contributed by atoms with E-state index in [1.807, 2.05) is 6.92 Å². The third-order valence-corrected chi connectivity index (χ3v) is 3.22. The quantitative estimate of drug-likeness (QED) is 0.475. The fraction of sp³-hybridized carbons (Fsp3) is 0.800. The van der Waals surface area contributed by atoms with Crippen molar-refractivity contribution < 1.29 is 9.84 Å². The van der Waals surface area contributed by atoms with E-state index in [0.717, 1.165) is 25.0 Å². The molecule has 2 nitrogen and oxygen atoms in total. The van der Waals surface area contributed by atoms with E-state index in [2.05, 4.69) is 13.0 Å². The van der Waals surface area contributed by atoms with Crippen LogP contribution in [0.2, 0.25) is 0 Å². The second kappa shape index (κ2) is 2.57. The van der Waals surface area contributed by atoms with Crippen molar-refractivity contribution in [1.29, 1.82) is 0 Å². The highest BCUT2D eigenvalue weighted by Crippen LogP contribution is 2.42. The molecule has 1 aliphatic heterocycles. The van der Waals surface area contributed by atoms with E-state index < -0.39 is 0 Å². The van der Waals surface area contributed by atoms with Crippen LogP contribution in [0.15, 0.2) is 11.6 Å². The lowest BCUT2D eigenvalue weighted by Gasteiger charge is -2.27. The minimum absolute atomic E-state index is 0.0815. The summed E-state index contributed by atoms with van der Waals surface area (Å²) in [6.07, 6.45) is 3.86. The van der Waals surface area contributed by atoms with Crippen molar-refractivity contribution in [2.24, 2.45) is 5.92 Å². The van der Waals surface area contributed by atoms with Gasteiger partial charge in [0, 0.05) is 0 Å². The van der Waals surface area contributed by atoms with E-state index in [9.17, 15) is 5.11 Å². The molecule has 2 aliphatic rings. The van der Waals surface area contributed by atoms with Crippen LogP contribution in [-0.4, -0.2) is 23.4 Å². The molecule has 0 spiro atoms. The van der Waals surface area contributed by atoms with Gasteiger partial charge in [0.2, 0.25) is 0 Å². The number of rotatable bonds is 1. The van der Waals surface area contributed by atoms with E-state index in [1.165, 1.54) is 0 Å². The van der Waals surface area contributed by atoms with Gasteiger partial charge in [-0.3, -0.25) is 0 Å². The standard InChI is InChI=1S/C10H16O2/c1-7-3-4-8(5-9(7)11)10(2)6-12-10/h3,8-9,11H,4-6H2,1-2H3/t8-,9-,10?/m1/s1. The molecule has 2 heteroatoms. The zero-order valence-corrected chi connectivity index (χ0v) is 7.71. The Balaban J connectivity index is 2.04. The molecule has 1 unspecified atom stereocenters. The molecule has 1 N–H and O–H groups in total.